The second-order valence-corrected chi connectivity index (χ2v) is 11.5. The Balaban J connectivity index is 1.77. The van der Waals surface area contributed by atoms with Gasteiger partial charge in [-0.1, -0.05) is 0 Å². The van der Waals surface area contributed by atoms with Gasteiger partial charge in [0.1, 0.15) is 47.3 Å². The first-order valence-electron chi connectivity index (χ1n) is 11.8. The Labute approximate surface area is 218 Å². The Hall–Kier alpha value is -3.05. The minimum absolute atomic E-state index is 0.0446. The van der Waals surface area contributed by atoms with Gasteiger partial charge in [-0.15, -0.1) is 0 Å². The fourth-order valence-corrected chi connectivity index (χ4v) is 5.14. The number of ether oxygens (including phenoxy) is 2. The molecule has 1 aliphatic rings. The van der Waals surface area contributed by atoms with Gasteiger partial charge < -0.3 is 23.8 Å². The summed E-state index contributed by atoms with van der Waals surface area (Å²) in [4.78, 5) is 29.0. The highest BCUT2D eigenvalue weighted by Crippen LogP contribution is 2.48. The number of rotatable bonds is 7. The molecular formula is C25H30F2N3O7P. The number of amides is 1. The van der Waals surface area contributed by atoms with E-state index in [0.717, 1.165) is 12.1 Å². The highest BCUT2D eigenvalue weighted by Gasteiger charge is 2.31. The van der Waals surface area contributed by atoms with E-state index in [4.69, 9.17) is 18.5 Å². The van der Waals surface area contributed by atoms with Gasteiger partial charge in [0.15, 0.2) is 0 Å². The van der Waals surface area contributed by atoms with Gasteiger partial charge in [-0.3, -0.25) is 13.8 Å². The molecule has 0 radical (unpaired) electrons. The number of halogens is 2. The number of carbonyl (C=O) groups excluding carboxylic acids is 1. The molecule has 2 atom stereocenters. The average molecular weight is 553 g/mol. The van der Waals surface area contributed by atoms with E-state index >= 15 is 0 Å². The Morgan fingerprint density at radius 1 is 1.26 bits per heavy atom. The van der Waals surface area contributed by atoms with Crippen LogP contribution in [-0.4, -0.2) is 51.6 Å². The molecule has 13 heteroatoms. The highest BCUT2D eigenvalue weighted by atomic mass is 31.2. The molecule has 1 N–H and O–H groups in total. The second-order valence-electron chi connectivity index (χ2n) is 10.1. The molecule has 1 unspecified atom stereocenters. The topological polar surface area (TPSA) is 112 Å². The molecule has 2 heterocycles. The van der Waals surface area contributed by atoms with Crippen molar-refractivity contribution in [1.82, 2.24) is 14.5 Å². The molecule has 1 amide bonds. The zero-order valence-electron chi connectivity index (χ0n) is 21.9. The van der Waals surface area contributed by atoms with Crippen LogP contribution in [0.25, 0.3) is 11.0 Å². The predicted molar refractivity (Wildman–Crippen MR) is 134 cm³/mol. The lowest BCUT2D eigenvalue weighted by Crippen LogP contribution is -2.23. The van der Waals surface area contributed by atoms with Crippen LogP contribution in [0.1, 0.15) is 55.0 Å². The lowest BCUT2D eigenvalue weighted by atomic mass is 10.0. The summed E-state index contributed by atoms with van der Waals surface area (Å²) in [5.41, 5.74) is 0.0778. The molecule has 10 nitrogen and oxygen atoms in total. The van der Waals surface area contributed by atoms with Crippen molar-refractivity contribution in [2.24, 2.45) is 0 Å². The summed E-state index contributed by atoms with van der Waals surface area (Å²) >= 11 is 0. The molecule has 1 aromatic heterocycles. The van der Waals surface area contributed by atoms with Gasteiger partial charge in [0.25, 0.3) is 5.91 Å². The first kappa shape index (κ1) is 28.0. The molecule has 38 heavy (non-hydrogen) atoms. The highest BCUT2D eigenvalue weighted by molar-refractivity contribution is 7.47. The quantitative estimate of drug-likeness (QED) is 0.402. The van der Waals surface area contributed by atoms with Crippen LogP contribution < -0.4 is 9.47 Å². The van der Waals surface area contributed by atoms with Gasteiger partial charge in [0, 0.05) is 38.2 Å². The SMILES string of the molecule is Cc1nc2c(O[C@H]3CCOc4cc(F)cc(F)c43)cc(C(=O)N(C)C)cc2n1COP(=O)(O)OC(C)(C)C. The number of imidazole rings is 1. The summed E-state index contributed by atoms with van der Waals surface area (Å²) < 4.78 is 64.5. The number of aromatic nitrogens is 2. The fraction of sp³-hybridized carbons (Fsp3) is 0.440. The summed E-state index contributed by atoms with van der Waals surface area (Å²) in [6, 6.07) is 4.92. The molecule has 0 fully saturated rings. The van der Waals surface area contributed by atoms with Crippen LogP contribution in [0.4, 0.5) is 8.78 Å². The Morgan fingerprint density at radius 3 is 2.63 bits per heavy atom. The summed E-state index contributed by atoms with van der Waals surface area (Å²) in [5, 5.41) is 0. The minimum atomic E-state index is -4.43. The third kappa shape index (κ3) is 5.99. The Morgan fingerprint density at radius 2 is 1.97 bits per heavy atom. The van der Waals surface area contributed by atoms with Crippen LogP contribution in [0.15, 0.2) is 24.3 Å². The van der Waals surface area contributed by atoms with Crippen LogP contribution in [0, 0.1) is 18.6 Å². The molecular weight excluding hydrogens is 523 g/mol. The van der Waals surface area contributed by atoms with Crippen LogP contribution in [-0.2, 0) is 20.3 Å². The summed E-state index contributed by atoms with van der Waals surface area (Å²) in [6.45, 7) is 6.27. The number of fused-ring (bicyclic) bond motifs is 2. The van der Waals surface area contributed by atoms with Crippen molar-refractivity contribution in [3.05, 3.63) is 52.9 Å². The van der Waals surface area contributed by atoms with E-state index in [0.29, 0.717) is 16.9 Å². The standard InChI is InChI=1S/C25H30F2N3O7P/c1-14-28-23-18(30(14)13-35-38(32,33)37-25(2,3)4)9-15(24(31)29(5)6)10-21(23)36-19-7-8-34-20-12-16(26)11-17(27)22(19)20/h9-12,19H,7-8,13H2,1-6H3,(H,32,33)/t19-/m0/s1. The largest absolute Gasteiger partial charge is 0.493 e. The van der Waals surface area contributed by atoms with Crippen molar-refractivity contribution in [3.63, 3.8) is 0 Å². The number of carbonyl (C=O) groups is 1. The summed E-state index contributed by atoms with van der Waals surface area (Å²) in [7, 11) is -1.25. The molecule has 0 saturated carbocycles. The molecule has 1 aliphatic heterocycles. The summed E-state index contributed by atoms with van der Waals surface area (Å²) in [5.74, 6) is -1.30. The molecule has 3 aromatic rings. The molecule has 0 bridgehead atoms. The van der Waals surface area contributed by atoms with Crippen molar-refractivity contribution in [2.45, 2.75) is 52.6 Å². The van der Waals surface area contributed by atoms with E-state index in [9.17, 15) is 23.0 Å². The van der Waals surface area contributed by atoms with Gasteiger partial charge >= 0.3 is 7.82 Å². The molecule has 0 saturated heterocycles. The lowest BCUT2D eigenvalue weighted by molar-refractivity contribution is 0.0489. The maximum absolute atomic E-state index is 14.8. The van der Waals surface area contributed by atoms with Gasteiger partial charge in [0.2, 0.25) is 0 Å². The van der Waals surface area contributed by atoms with Crippen LogP contribution in [0.5, 0.6) is 11.5 Å². The first-order valence-corrected chi connectivity index (χ1v) is 13.3. The number of aryl methyl sites for hydroxylation is 1. The zero-order valence-corrected chi connectivity index (χ0v) is 22.8. The van der Waals surface area contributed by atoms with Crippen molar-refractivity contribution < 1.29 is 41.6 Å². The van der Waals surface area contributed by atoms with Crippen LogP contribution >= 0.6 is 7.82 Å². The molecule has 0 aliphatic carbocycles. The lowest BCUT2D eigenvalue weighted by Gasteiger charge is -2.27. The van der Waals surface area contributed by atoms with Crippen LogP contribution in [0.3, 0.4) is 0 Å². The van der Waals surface area contributed by atoms with Crippen molar-refractivity contribution in [1.29, 1.82) is 0 Å². The van der Waals surface area contributed by atoms with Gasteiger partial charge in [-0.05, 0) is 39.8 Å². The number of phosphoric ester groups is 1. The smallest absolute Gasteiger partial charge is 0.474 e. The Kier molecular flexibility index (Phi) is 7.55. The maximum Gasteiger partial charge on any atom is 0.474 e. The maximum atomic E-state index is 14.8. The van der Waals surface area contributed by atoms with E-state index in [-0.39, 0.29) is 41.6 Å². The fourth-order valence-electron chi connectivity index (χ4n) is 4.13. The van der Waals surface area contributed by atoms with Crippen molar-refractivity contribution in [2.75, 3.05) is 20.7 Å². The number of hydrogen-bond acceptors (Lipinski definition) is 7. The molecule has 206 valence electrons. The number of phosphoric acid groups is 1. The second kappa shape index (κ2) is 10.3. The van der Waals surface area contributed by atoms with Crippen molar-refractivity contribution >= 4 is 24.8 Å². The third-order valence-electron chi connectivity index (χ3n) is 5.69. The van der Waals surface area contributed by atoms with E-state index in [1.165, 1.54) is 15.5 Å². The van der Waals surface area contributed by atoms with Gasteiger partial charge in [-0.25, -0.2) is 18.3 Å². The van der Waals surface area contributed by atoms with Crippen molar-refractivity contribution in [3.8, 4) is 11.5 Å². The number of hydrogen-bond donors (Lipinski definition) is 1. The van der Waals surface area contributed by atoms with E-state index in [1.54, 1.807) is 47.9 Å². The molecule has 4 rings (SSSR count). The molecule has 0 spiro atoms. The third-order valence-corrected chi connectivity index (χ3v) is 6.91. The monoisotopic (exact) mass is 553 g/mol. The van der Waals surface area contributed by atoms with E-state index in [2.05, 4.69) is 4.98 Å². The van der Waals surface area contributed by atoms with Crippen LogP contribution in [0.2, 0.25) is 0 Å². The average Bonchev–Trinajstić information content (AvgIpc) is 3.10. The van der Waals surface area contributed by atoms with Gasteiger partial charge in [0.05, 0.1) is 23.3 Å². The summed E-state index contributed by atoms with van der Waals surface area (Å²) in [6.07, 6.45) is -0.574. The number of nitrogens with zero attached hydrogens (tertiary/aromatic N) is 3. The minimum Gasteiger partial charge on any atom is -0.493 e. The first-order chi connectivity index (χ1) is 17.6. The van der Waals surface area contributed by atoms with E-state index in [1.807, 2.05) is 0 Å². The predicted octanol–water partition coefficient (Wildman–Crippen LogP) is 5.12. The zero-order chi connectivity index (χ0) is 28.0. The Bertz CT molecular complexity index is 1430. The normalized spacial score (nSPS) is 17.0. The molecule has 2 aromatic carbocycles. The van der Waals surface area contributed by atoms with E-state index < -0.39 is 37.9 Å². The van der Waals surface area contributed by atoms with Gasteiger partial charge in [-0.2, -0.15) is 0 Å². The number of benzene rings is 2.